The van der Waals surface area contributed by atoms with Crippen molar-refractivity contribution in [2.45, 2.75) is 12.5 Å². The molecule has 1 amide bonds. The molecule has 2 N–H and O–H groups in total. The number of rotatable bonds is 6. The summed E-state index contributed by atoms with van der Waals surface area (Å²) in [6, 6.07) is 12.7. The Morgan fingerprint density at radius 1 is 1.00 bits per heavy atom. The number of ether oxygens (including phenoxy) is 3. The van der Waals surface area contributed by atoms with E-state index in [1.54, 1.807) is 26.1 Å². The van der Waals surface area contributed by atoms with Crippen LogP contribution in [0.15, 0.2) is 42.5 Å². The summed E-state index contributed by atoms with van der Waals surface area (Å²) >= 11 is 0. The minimum Gasteiger partial charge on any atom is -0.493 e. The number of methoxy groups -OCH3 is 3. The van der Waals surface area contributed by atoms with Crippen LogP contribution in [0.25, 0.3) is 0 Å². The van der Waals surface area contributed by atoms with Gasteiger partial charge in [-0.2, -0.15) is 0 Å². The largest absolute Gasteiger partial charge is 0.493 e. The lowest BCUT2D eigenvalue weighted by molar-refractivity contribution is -0.123. The molecule has 2 rings (SSSR count). The highest BCUT2D eigenvalue weighted by Gasteiger charge is 2.34. The van der Waals surface area contributed by atoms with Crippen molar-refractivity contribution in [2.75, 3.05) is 33.3 Å². The SMILES string of the molecule is COc1cc(N(C)C(=O)C(C)(N)c2ccccc2)cc(OC)c1OC. The number of nitrogens with zero attached hydrogens (tertiary/aromatic N) is 1. The van der Waals surface area contributed by atoms with E-state index in [2.05, 4.69) is 0 Å². The van der Waals surface area contributed by atoms with E-state index in [0.29, 0.717) is 22.9 Å². The average Bonchev–Trinajstić information content (AvgIpc) is 2.66. The van der Waals surface area contributed by atoms with Crippen LogP contribution in [0, 0.1) is 0 Å². The first-order valence-corrected chi connectivity index (χ1v) is 7.79. The van der Waals surface area contributed by atoms with Gasteiger partial charge in [0.15, 0.2) is 11.5 Å². The van der Waals surface area contributed by atoms with Crippen LogP contribution in [0.2, 0.25) is 0 Å². The van der Waals surface area contributed by atoms with Gasteiger partial charge in [0, 0.05) is 19.2 Å². The van der Waals surface area contributed by atoms with Crippen LogP contribution in [-0.4, -0.2) is 34.3 Å². The van der Waals surface area contributed by atoms with Crippen molar-refractivity contribution in [3.8, 4) is 17.2 Å². The van der Waals surface area contributed by atoms with Crippen molar-refractivity contribution in [3.63, 3.8) is 0 Å². The van der Waals surface area contributed by atoms with E-state index in [4.69, 9.17) is 19.9 Å². The van der Waals surface area contributed by atoms with Gasteiger partial charge in [0.25, 0.3) is 5.91 Å². The number of nitrogens with two attached hydrogens (primary N) is 1. The zero-order chi connectivity index (χ0) is 18.6. The zero-order valence-corrected chi connectivity index (χ0v) is 15.2. The third-order valence-electron chi connectivity index (χ3n) is 4.16. The molecule has 6 nitrogen and oxygen atoms in total. The Morgan fingerprint density at radius 2 is 1.52 bits per heavy atom. The molecule has 0 heterocycles. The van der Waals surface area contributed by atoms with Crippen molar-refractivity contribution < 1.29 is 19.0 Å². The lowest BCUT2D eigenvalue weighted by atomic mass is 9.91. The fourth-order valence-electron chi connectivity index (χ4n) is 2.63. The summed E-state index contributed by atoms with van der Waals surface area (Å²) in [6.45, 7) is 1.69. The Hall–Kier alpha value is -2.73. The number of hydrogen-bond donors (Lipinski definition) is 1. The highest BCUT2D eigenvalue weighted by Crippen LogP contribution is 2.41. The number of amides is 1. The predicted octanol–water partition coefficient (Wildman–Crippen LogP) is 2.55. The molecule has 25 heavy (non-hydrogen) atoms. The van der Waals surface area contributed by atoms with Gasteiger partial charge in [0.2, 0.25) is 5.75 Å². The van der Waals surface area contributed by atoms with Crippen LogP contribution in [0.1, 0.15) is 12.5 Å². The van der Waals surface area contributed by atoms with E-state index in [1.807, 2.05) is 30.3 Å². The molecule has 0 aliphatic heterocycles. The van der Waals surface area contributed by atoms with E-state index < -0.39 is 5.54 Å². The fourth-order valence-corrected chi connectivity index (χ4v) is 2.63. The Labute approximate surface area is 148 Å². The van der Waals surface area contributed by atoms with E-state index >= 15 is 0 Å². The van der Waals surface area contributed by atoms with Crippen molar-refractivity contribution in [1.29, 1.82) is 0 Å². The molecule has 1 atom stereocenters. The molecule has 0 bridgehead atoms. The van der Waals surface area contributed by atoms with Crippen LogP contribution in [-0.2, 0) is 10.3 Å². The average molecular weight is 344 g/mol. The van der Waals surface area contributed by atoms with Gasteiger partial charge in [-0.15, -0.1) is 0 Å². The maximum absolute atomic E-state index is 13.0. The molecular weight excluding hydrogens is 320 g/mol. The van der Waals surface area contributed by atoms with Gasteiger partial charge >= 0.3 is 0 Å². The highest BCUT2D eigenvalue weighted by molar-refractivity contribution is 6.00. The quantitative estimate of drug-likeness (QED) is 0.872. The molecule has 0 aromatic heterocycles. The third-order valence-corrected chi connectivity index (χ3v) is 4.16. The molecule has 2 aromatic carbocycles. The molecule has 0 spiro atoms. The maximum Gasteiger partial charge on any atom is 0.251 e. The maximum atomic E-state index is 13.0. The van der Waals surface area contributed by atoms with Crippen molar-refractivity contribution in [2.24, 2.45) is 5.73 Å². The van der Waals surface area contributed by atoms with E-state index in [-0.39, 0.29) is 5.91 Å². The second kappa shape index (κ2) is 7.44. The molecule has 0 radical (unpaired) electrons. The Morgan fingerprint density at radius 3 is 1.96 bits per heavy atom. The molecule has 0 aliphatic carbocycles. The second-order valence-corrected chi connectivity index (χ2v) is 5.82. The molecule has 0 aliphatic rings. The van der Waals surface area contributed by atoms with Crippen LogP contribution >= 0.6 is 0 Å². The van der Waals surface area contributed by atoms with Crippen molar-refractivity contribution in [1.82, 2.24) is 0 Å². The van der Waals surface area contributed by atoms with Gasteiger partial charge in [0.1, 0.15) is 5.54 Å². The van der Waals surface area contributed by atoms with Crippen molar-refractivity contribution >= 4 is 11.6 Å². The first-order chi connectivity index (χ1) is 11.9. The van der Waals surface area contributed by atoms with Crippen LogP contribution in [0.5, 0.6) is 17.2 Å². The third kappa shape index (κ3) is 3.53. The summed E-state index contributed by atoms with van der Waals surface area (Å²) in [6.07, 6.45) is 0. The van der Waals surface area contributed by atoms with Gasteiger partial charge < -0.3 is 24.8 Å². The van der Waals surface area contributed by atoms with Gasteiger partial charge in [-0.1, -0.05) is 30.3 Å². The first kappa shape index (κ1) is 18.6. The number of likely N-dealkylation sites (N-methyl/N-ethyl adjacent to an activating group) is 1. The Bertz CT molecular complexity index is 719. The van der Waals surface area contributed by atoms with E-state index in [1.165, 1.54) is 26.2 Å². The van der Waals surface area contributed by atoms with Crippen LogP contribution in [0.4, 0.5) is 5.69 Å². The second-order valence-electron chi connectivity index (χ2n) is 5.82. The lowest BCUT2D eigenvalue weighted by Crippen LogP contribution is -2.49. The number of benzene rings is 2. The highest BCUT2D eigenvalue weighted by atomic mass is 16.5. The molecule has 0 saturated carbocycles. The fraction of sp³-hybridized carbons (Fsp3) is 0.316. The van der Waals surface area contributed by atoms with Gasteiger partial charge in [-0.25, -0.2) is 0 Å². The molecular formula is C19H24N2O4. The summed E-state index contributed by atoms with van der Waals surface area (Å²) in [5.41, 5.74) is 6.49. The van der Waals surface area contributed by atoms with E-state index in [0.717, 1.165) is 5.56 Å². The normalized spacial score (nSPS) is 12.9. The Balaban J connectivity index is 2.43. The monoisotopic (exact) mass is 344 g/mol. The van der Waals surface area contributed by atoms with Crippen LogP contribution in [0.3, 0.4) is 0 Å². The zero-order valence-electron chi connectivity index (χ0n) is 15.2. The van der Waals surface area contributed by atoms with Crippen LogP contribution < -0.4 is 24.8 Å². The standard InChI is InChI=1S/C19H24N2O4/c1-19(20,13-9-7-6-8-10-13)18(22)21(2)14-11-15(23-3)17(25-5)16(12-14)24-4/h6-12H,20H2,1-5H3. The molecule has 0 fully saturated rings. The summed E-state index contributed by atoms with van der Waals surface area (Å²) in [4.78, 5) is 14.5. The molecule has 2 aromatic rings. The topological polar surface area (TPSA) is 74.0 Å². The molecule has 6 heteroatoms. The molecule has 0 saturated heterocycles. The van der Waals surface area contributed by atoms with Gasteiger partial charge in [0.05, 0.1) is 27.0 Å². The number of carbonyl (C=O) groups is 1. The summed E-state index contributed by atoms with van der Waals surface area (Å²) in [7, 11) is 6.25. The smallest absolute Gasteiger partial charge is 0.251 e. The minimum atomic E-state index is -1.17. The summed E-state index contributed by atoms with van der Waals surface area (Å²) < 4.78 is 16.0. The molecule has 1 unspecified atom stereocenters. The summed E-state index contributed by atoms with van der Waals surface area (Å²) in [5, 5.41) is 0. The number of anilines is 1. The van der Waals surface area contributed by atoms with Gasteiger partial charge in [-0.05, 0) is 12.5 Å². The predicted molar refractivity (Wildman–Crippen MR) is 97.5 cm³/mol. The Kier molecular flexibility index (Phi) is 5.54. The van der Waals surface area contributed by atoms with E-state index in [9.17, 15) is 4.79 Å². The minimum absolute atomic E-state index is 0.257. The number of hydrogen-bond acceptors (Lipinski definition) is 5. The first-order valence-electron chi connectivity index (χ1n) is 7.79. The summed E-state index contributed by atoms with van der Waals surface area (Å²) in [5.74, 6) is 1.14. The molecule has 134 valence electrons. The number of carbonyl (C=O) groups excluding carboxylic acids is 1. The van der Waals surface area contributed by atoms with Crippen molar-refractivity contribution in [3.05, 3.63) is 48.0 Å². The van der Waals surface area contributed by atoms with Gasteiger partial charge in [-0.3, -0.25) is 4.79 Å². The lowest BCUT2D eigenvalue weighted by Gasteiger charge is -2.30.